The molecule has 0 amide bonds. The van der Waals surface area contributed by atoms with Crippen LogP contribution in [0.5, 0.6) is 0 Å². The number of hydrogen-bond acceptors (Lipinski definition) is 2. The van der Waals surface area contributed by atoms with Gasteiger partial charge in [0.15, 0.2) is 0 Å². The molecule has 0 bridgehead atoms. The summed E-state index contributed by atoms with van der Waals surface area (Å²) in [6, 6.07) is 0. The van der Waals surface area contributed by atoms with Crippen LogP contribution < -0.4 is 4.72 Å². The first-order valence-electron chi connectivity index (χ1n) is 7.94. The van der Waals surface area contributed by atoms with Crippen molar-refractivity contribution in [2.75, 3.05) is 25.5 Å². The van der Waals surface area contributed by atoms with Gasteiger partial charge in [0.25, 0.3) is 10.2 Å². The second-order valence-electron chi connectivity index (χ2n) is 6.13. The quantitative estimate of drug-likeness (QED) is 0.791. The maximum atomic E-state index is 12.4. The Balaban J connectivity index is 1.87. The molecule has 118 valence electrons. The standard InChI is InChI=1S/C14H27ClN2O2S/c15-11-13-7-3-4-8-14(13)12-16-20(18,19)17-9-5-1-2-6-10-17/h13-14,16H,1-12H2. The lowest BCUT2D eigenvalue weighted by molar-refractivity contribution is 0.258. The average Bonchev–Trinajstić information content (AvgIpc) is 2.75. The van der Waals surface area contributed by atoms with Gasteiger partial charge in [-0.3, -0.25) is 0 Å². The van der Waals surface area contributed by atoms with E-state index >= 15 is 0 Å². The minimum Gasteiger partial charge on any atom is -0.202 e. The Morgan fingerprint density at radius 1 is 0.950 bits per heavy atom. The van der Waals surface area contributed by atoms with Crippen molar-refractivity contribution in [3.05, 3.63) is 0 Å². The monoisotopic (exact) mass is 322 g/mol. The molecule has 1 heterocycles. The van der Waals surface area contributed by atoms with Gasteiger partial charge >= 0.3 is 0 Å². The van der Waals surface area contributed by atoms with Crippen LogP contribution in [0, 0.1) is 11.8 Å². The van der Waals surface area contributed by atoms with Crippen molar-refractivity contribution >= 4 is 21.8 Å². The SMILES string of the molecule is O=S(=O)(NCC1CCCCC1CCl)N1CCCCCC1. The molecule has 1 aliphatic carbocycles. The van der Waals surface area contributed by atoms with Crippen LogP contribution in [0.2, 0.25) is 0 Å². The van der Waals surface area contributed by atoms with E-state index in [-0.39, 0.29) is 0 Å². The summed E-state index contributed by atoms with van der Waals surface area (Å²) in [7, 11) is -3.30. The Kier molecular flexibility index (Phi) is 6.59. The fourth-order valence-electron chi connectivity index (χ4n) is 3.34. The third kappa shape index (κ3) is 4.58. The lowest BCUT2D eigenvalue weighted by Crippen LogP contribution is -2.44. The van der Waals surface area contributed by atoms with Crippen molar-refractivity contribution in [2.45, 2.75) is 51.4 Å². The molecule has 2 aliphatic rings. The summed E-state index contributed by atoms with van der Waals surface area (Å²) in [6.07, 6.45) is 8.91. The molecule has 0 aromatic rings. The van der Waals surface area contributed by atoms with Gasteiger partial charge in [0.2, 0.25) is 0 Å². The summed E-state index contributed by atoms with van der Waals surface area (Å²) in [4.78, 5) is 0. The van der Waals surface area contributed by atoms with Crippen LogP contribution in [-0.2, 0) is 10.2 Å². The maximum Gasteiger partial charge on any atom is 0.279 e. The van der Waals surface area contributed by atoms with Gasteiger partial charge in [-0.15, -0.1) is 11.6 Å². The van der Waals surface area contributed by atoms with Crippen molar-refractivity contribution in [3.8, 4) is 0 Å². The van der Waals surface area contributed by atoms with Gasteiger partial charge in [-0.25, -0.2) is 4.72 Å². The van der Waals surface area contributed by atoms with Gasteiger partial charge in [-0.2, -0.15) is 12.7 Å². The van der Waals surface area contributed by atoms with Crippen LogP contribution in [0.4, 0.5) is 0 Å². The molecule has 0 radical (unpaired) electrons. The van der Waals surface area contributed by atoms with Gasteiger partial charge in [0.05, 0.1) is 0 Å². The van der Waals surface area contributed by atoms with Crippen molar-refractivity contribution in [2.24, 2.45) is 11.8 Å². The summed E-state index contributed by atoms with van der Waals surface area (Å²) >= 11 is 6.01. The third-order valence-electron chi connectivity index (χ3n) is 4.70. The highest BCUT2D eigenvalue weighted by atomic mass is 35.5. The smallest absolute Gasteiger partial charge is 0.202 e. The minimum absolute atomic E-state index is 0.406. The topological polar surface area (TPSA) is 49.4 Å². The number of nitrogens with one attached hydrogen (secondary N) is 1. The summed E-state index contributed by atoms with van der Waals surface area (Å²) in [5.41, 5.74) is 0. The summed E-state index contributed by atoms with van der Waals surface area (Å²) in [5.74, 6) is 1.52. The Morgan fingerprint density at radius 2 is 1.55 bits per heavy atom. The molecule has 4 nitrogen and oxygen atoms in total. The number of nitrogens with zero attached hydrogens (tertiary/aromatic N) is 1. The first kappa shape index (κ1) is 16.5. The number of halogens is 1. The van der Waals surface area contributed by atoms with Crippen molar-refractivity contribution < 1.29 is 8.42 Å². The van der Waals surface area contributed by atoms with Gasteiger partial charge in [0, 0.05) is 25.5 Å². The van der Waals surface area contributed by atoms with Gasteiger partial charge in [-0.05, 0) is 37.5 Å². The molecule has 0 spiro atoms. The first-order chi connectivity index (χ1) is 9.63. The van der Waals surface area contributed by atoms with Crippen molar-refractivity contribution in [1.82, 2.24) is 9.03 Å². The van der Waals surface area contributed by atoms with E-state index in [1.165, 1.54) is 12.8 Å². The maximum absolute atomic E-state index is 12.4. The van der Waals surface area contributed by atoms with Crippen LogP contribution >= 0.6 is 11.6 Å². The summed E-state index contributed by atoms with van der Waals surface area (Å²) in [6.45, 7) is 1.88. The normalized spacial score (nSPS) is 30.1. The molecular weight excluding hydrogens is 296 g/mol. The number of alkyl halides is 1. The Hall–Kier alpha value is 0.160. The second kappa shape index (κ2) is 7.97. The molecule has 20 heavy (non-hydrogen) atoms. The zero-order chi connectivity index (χ0) is 14.4. The van der Waals surface area contributed by atoms with E-state index < -0.39 is 10.2 Å². The van der Waals surface area contributed by atoms with Gasteiger partial charge in [0.1, 0.15) is 0 Å². The molecule has 2 atom stereocenters. The third-order valence-corrected chi connectivity index (χ3v) is 6.67. The predicted octanol–water partition coefficient (Wildman–Crippen LogP) is 2.74. The van der Waals surface area contributed by atoms with Crippen molar-refractivity contribution in [3.63, 3.8) is 0 Å². The Labute approximate surface area is 128 Å². The lowest BCUT2D eigenvalue weighted by atomic mass is 9.80. The van der Waals surface area contributed by atoms with E-state index in [0.29, 0.717) is 37.4 Å². The summed E-state index contributed by atoms with van der Waals surface area (Å²) in [5, 5.41) is 0. The van der Waals surface area contributed by atoms with E-state index in [4.69, 9.17) is 11.6 Å². The minimum atomic E-state index is -3.30. The molecule has 0 aromatic heterocycles. The molecule has 2 fully saturated rings. The molecule has 1 aliphatic heterocycles. The van der Waals surface area contributed by atoms with Crippen molar-refractivity contribution in [1.29, 1.82) is 0 Å². The van der Waals surface area contributed by atoms with E-state index in [0.717, 1.165) is 38.5 Å². The van der Waals surface area contributed by atoms with Crippen LogP contribution in [0.15, 0.2) is 0 Å². The van der Waals surface area contributed by atoms with Gasteiger partial charge in [-0.1, -0.05) is 25.7 Å². The largest absolute Gasteiger partial charge is 0.279 e. The van der Waals surface area contributed by atoms with Gasteiger partial charge < -0.3 is 0 Å². The molecule has 2 unspecified atom stereocenters. The fourth-order valence-corrected chi connectivity index (χ4v) is 5.09. The summed E-state index contributed by atoms with van der Waals surface area (Å²) < 4.78 is 29.2. The predicted molar refractivity (Wildman–Crippen MR) is 83.1 cm³/mol. The zero-order valence-electron chi connectivity index (χ0n) is 12.2. The molecular formula is C14H27ClN2O2S. The highest BCUT2D eigenvalue weighted by Gasteiger charge is 2.28. The van der Waals surface area contributed by atoms with E-state index in [1.807, 2.05) is 0 Å². The van der Waals surface area contributed by atoms with E-state index in [1.54, 1.807) is 4.31 Å². The second-order valence-corrected chi connectivity index (χ2v) is 8.19. The van der Waals surface area contributed by atoms with Crippen LogP contribution in [0.25, 0.3) is 0 Å². The number of rotatable bonds is 5. The highest BCUT2D eigenvalue weighted by Crippen LogP contribution is 2.30. The Bertz CT molecular complexity index is 381. The molecule has 6 heteroatoms. The molecule has 2 rings (SSSR count). The fraction of sp³-hybridized carbons (Fsp3) is 1.00. The molecule has 1 saturated carbocycles. The van der Waals surface area contributed by atoms with E-state index in [9.17, 15) is 8.42 Å². The average molecular weight is 323 g/mol. The lowest BCUT2D eigenvalue weighted by Gasteiger charge is -2.31. The van der Waals surface area contributed by atoms with E-state index in [2.05, 4.69) is 4.72 Å². The first-order valence-corrected chi connectivity index (χ1v) is 9.91. The highest BCUT2D eigenvalue weighted by molar-refractivity contribution is 7.87. The molecule has 1 saturated heterocycles. The molecule has 1 N–H and O–H groups in total. The van der Waals surface area contributed by atoms with Crippen LogP contribution in [0.3, 0.4) is 0 Å². The van der Waals surface area contributed by atoms with Crippen LogP contribution in [0.1, 0.15) is 51.4 Å². The Morgan fingerprint density at radius 3 is 2.15 bits per heavy atom. The van der Waals surface area contributed by atoms with Crippen LogP contribution in [-0.4, -0.2) is 38.2 Å². The number of hydrogen-bond donors (Lipinski definition) is 1. The zero-order valence-corrected chi connectivity index (χ0v) is 13.8. The molecule has 0 aromatic carbocycles.